The Kier molecular flexibility index (Phi) is 4.17. The van der Waals surface area contributed by atoms with Crippen LogP contribution in [0, 0.1) is 0 Å². The molecular formula is C14H19F2NO. The summed E-state index contributed by atoms with van der Waals surface area (Å²) in [6, 6.07) is 6.43. The molecule has 1 fully saturated rings. The van der Waals surface area contributed by atoms with E-state index < -0.39 is 5.92 Å². The summed E-state index contributed by atoms with van der Waals surface area (Å²) in [5.41, 5.74) is 0.0191. The lowest BCUT2D eigenvalue weighted by atomic mass is 10.1. The minimum absolute atomic E-state index is 0.0191. The molecule has 0 bridgehead atoms. The van der Waals surface area contributed by atoms with Crippen molar-refractivity contribution in [1.82, 2.24) is 5.32 Å². The zero-order chi connectivity index (χ0) is 13.0. The third kappa shape index (κ3) is 3.67. The van der Waals surface area contributed by atoms with Crippen LogP contribution in [0.15, 0.2) is 24.3 Å². The lowest BCUT2D eigenvalue weighted by molar-refractivity contribution is 0.0174. The first-order valence-electron chi connectivity index (χ1n) is 6.40. The van der Waals surface area contributed by atoms with Crippen molar-refractivity contribution in [3.63, 3.8) is 0 Å². The Balaban J connectivity index is 1.86. The van der Waals surface area contributed by atoms with Crippen molar-refractivity contribution in [2.24, 2.45) is 0 Å². The van der Waals surface area contributed by atoms with Crippen LogP contribution < -0.4 is 10.1 Å². The van der Waals surface area contributed by atoms with Crippen molar-refractivity contribution in [1.29, 1.82) is 0 Å². The van der Waals surface area contributed by atoms with E-state index in [9.17, 15) is 8.78 Å². The third-order valence-corrected chi connectivity index (χ3v) is 3.22. The first-order valence-corrected chi connectivity index (χ1v) is 6.40. The zero-order valence-corrected chi connectivity index (χ0v) is 10.6. The Bertz CT molecular complexity index is 366. The molecule has 18 heavy (non-hydrogen) atoms. The topological polar surface area (TPSA) is 21.3 Å². The summed E-state index contributed by atoms with van der Waals surface area (Å²) >= 11 is 0. The van der Waals surface area contributed by atoms with Crippen LogP contribution in [0.4, 0.5) is 8.78 Å². The number of benzene rings is 1. The molecule has 1 aromatic rings. The number of hydrogen-bond acceptors (Lipinski definition) is 2. The Hall–Kier alpha value is -1.16. The van der Waals surface area contributed by atoms with Crippen molar-refractivity contribution in [3.8, 4) is 5.75 Å². The Morgan fingerprint density at radius 1 is 1.28 bits per heavy atom. The first kappa shape index (κ1) is 13.3. The molecule has 1 atom stereocenters. The summed E-state index contributed by atoms with van der Waals surface area (Å²) in [5, 5.41) is 3.38. The maximum Gasteiger partial charge on any atom is 0.270 e. The second-order valence-electron chi connectivity index (χ2n) is 4.87. The van der Waals surface area contributed by atoms with Crippen LogP contribution in [0.3, 0.4) is 0 Å². The normalized spacial score (nSPS) is 20.7. The molecular weight excluding hydrogens is 236 g/mol. The van der Waals surface area contributed by atoms with Gasteiger partial charge in [0.15, 0.2) is 0 Å². The molecule has 0 amide bonds. The molecule has 0 saturated carbocycles. The fourth-order valence-electron chi connectivity index (χ4n) is 2.11. The summed E-state index contributed by atoms with van der Waals surface area (Å²) in [6.07, 6.45) is 3.56. The molecule has 1 N–H and O–H groups in total. The zero-order valence-electron chi connectivity index (χ0n) is 10.6. The molecule has 1 aliphatic rings. The van der Waals surface area contributed by atoms with Crippen LogP contribution in [0.1, 0.15) is 31.7 Å². The maximum atomic E-state index is 13.0. The second-order valence-corrected chi connectivity index (χ2v) is 4.87. The summed E-state index contributed by atoms with van der Waals surface area (Å²) < 4.78 is 31.6. The fourth-order valence-corrected chi connectivity index (χ4v) is 2.11. The lowest BCUT2D eigenvalue weighted by Gasteiger charge is -2.23. The SMILES string of the molecule is CC(F)(F)c1ccc(OCC2CCCCN2)cc1. The van der Waals surface area contributed by atoms with Crippen molar-refractivity contribution in [3.05, 3.63) is 29.8 Å². The molecule has 1 aliphatic heterocycles. The predicted octanol–water partition coefficient (Wildman–Crippen LogP) is 3.32. The maximum absolute atomic E-state index is 13.0. The minimum Gasteiger partial charge on any atom is -0.492 e. The van der Waals surface area contributed by atoms with E-state index in [0.29, 0.717) is 18.4 Å². The van der Waals surface area contributed by atoms with E-state index in [1.165, 1.54) is 25.0 Å². The quantitative estimate of drug-likeness (QED) is 0.891. The molecule has 100 valence electrons. The predicted molar refractivity (Wildman–Crippen MR) is 67.1 cm³/mol. The van der Waals surface area contributed by atoms with E-state index in [-0.39, 0.29) is 5.56 Å². The van der Waals surface area contributed by atoms with Gasteiger partial charge in [0.05, 0.1) is 0 Å². The molecule has 4 heteroatoms. The Morgan fingerprint density at radius 2 is 2.00 bits per heavy atom. The molecule has 1 aromatic carbocycles. The number of piperidine rings is 1. The largest absolute Gasteiger partial charge is 0.492 e. The average molecular weight is 255 g/mol. The van der Waals surface area contributed by atoms with E-state index in [2.05, 4.69) is 5.32 Å². The van der Waals surface area contributed by atoms with E-state index in [1.807, 2.05) is 0 Å². The highest BCUT2D eigenvalue weighted by molar-refractivity contribution is 5.29. The summed E-state index contributed by atoms with van der Waals surface area (Å²) in [6.45, 7) is 2.53. The van der Waals surface area contributed by atoms with Gasteiger partial charge in [0.2, 0.25) is 0 Å². The van der Waals surface area contributed by atoms with Crippen molar-refractivity contribution >= 4 is 0 Å². The number of halogens is 2. The summed E-state index contributed by atoms with van der Waals surface area (Å²) in [7, 11) is 0. The molecule has 1 unspecified atom stereocenters. The number of alkyl halides is 2. The van der Waals surface area contributed by atoms with Gasteiger partial charge < -0.3 is 10.1 Å². The number of nitrogens with one attached hydrogen (secondary N) is 1. The first-order chi connectivity index (χ1) is 8.55. The Labute approximate surface area is 106 Å². The van der Waals surface area contributed by atoms with Gasteiger partial charge in [-0.1, -0.05) is 6.42 Å². The fraction of sp³-hybridized carbons (Fsp3) is 0.571. The van der Waals surface area contributed by atoms with Gasteiger partial charge in [-0.3, -0.25) is 0 Å². The monoisotopic (exact) mass is 255 g/mol. The van der Waals surface area contributed by atoms with Crippen LogP contribution in [-0.2, 0) is 5.92 Å². The summed E-state index contributed by atoms with van der Waals surface area (Å²) in [4.78, 5) is 0. The van der Waals surface area contributed by atoms with Gasteiger partial charge in [0.25, 0.3) is 5.92 Å². The van der Waals surface area contributed by atoms with Gasteiger partial charge in [0, 0.05) is 18.5 Å². The van der Waals surface area contributed by atoms with Crippen LogP contribution in [0.25, 0.3) is 0 Å². The number of ether oxygens (including phenoxy) is 1. The lowest BCUT2D eigenvalue weighted by Crippen LogP contribution is -2.38. The van der Waals surface area contributed by atoms with Crippen molar-refractivity contribution in [2.45, 2.75) is 38.2 Å². The standard InChI is InChI=1S/C14H19F2NO/c1-14(15,16)11-5-7-13(8-6-11)18-10-12-4-2-3-9-17-12/h5-8,12,17H,2-4,9-10H2,1H3. The van der Waals surface area contributed by atoms with Gasteiger partial charge in [-0.2, -0.15) is 0 Å². The molecule has 2 rings (SSSR count). The molecule has 0 aromatic heterocycles. The van der Waals surface area contributed by atoms with E-state index in [4.69, 9.17) is 4.74 Å². The van der Waals surface area contributed by atoms with Crippen molar-refractivity contribution < 1.29 is 13.5 Å². The van der Waals surface area contributed by atoms with Gasteiger partial charge in [-0.25, -0.2) is 8.78 Å². The third-order valence-electron chi connectivity index (χ3n) is 3.22. The summed E-state index contributed by atoms with van der Waals surface area (Å²) in [5.74, 6) is -2.14. The van der Waals surface area contributed by atoms with E-state index in [1.54, 1.807) is 12.1 Å². The van der Waals surface area contributed by atoms with E-state index in [0.717, 1.165) is 19.9 Å². The second kappa shape index (κ2) is 5.65. The number of hydrogen-bond donors (Lipinski definition) is 1. The van der Waals surface area contributed by atoms with Gasteiger partial charge in [-0.05, 0) is 43.7 Å². The molecule has 1 saturated heterocycles. The highest BCUT2D eigenvalue weighted by atomic mass is 19.3. The molecule has 0 aliphatic carbocycles. The smallest absolute Gasteiger partial charge is 0.270 e. The van der Waals surface area contributed by atoms with Crippen LogP contribution in [0.2, 0.25) is 0 Å². The average Bonchev–Trinajstić information content (AvgIpc) is 2.37. The van der Waals surface area contributed by atoms with Gasteiger partial charge in [-0.15, -0.1) is 0 Å². The van der Waals surface area contributed by atoms with Crippen molar-refractivity contribution in [2.75, 3.05) is 13.2 Å². The van der Waals surface area contributed by atoms with Gasteiger partial charge in [0.1, 0.15) is 12.4 Å². The van der Waals surface area contributed by atoms with Crippen LogP contribution in [0.5, 0.6) is 5.75 Å². The molecule has 0 spiro atoms. The van der Waals surface area contributed by atoms with Crippen LogP contribution in [-0.4, -0.2) is 19.2 Å². The number of rotatable bonds is 4. The van der Waals surface area contributed by atoms with Crippen LogP contribution >= 0.6 is 0 Å². The molecule has 0 radical (unpaired) electrons. The highest BCUT2D eigenvalue weighted by Crippen LogP contribution is 2.28. The molecule has 1 heterocycles. The van der Waals surface area contributed by atoms with Gasteiger partial charge >= 0.3 is 0 Å². The Morgan fingerprint density at radius 3 is 2.56 bits per heavy atom. The molecule has 2 nitrogen and oxygen atoms in total. The minimum atomic E-state index is -2.79. The van der Waals surface area contributed by atoms with E-state index >= 15 is 0 Å². The highest BCUT2D eigenvalue weighted by Gasteiger charge is 2.23.